The van der Waals surface area contributed by atoms with Gasteiger partial charge >= 0.3 is 12.0 Å². The van der Waals surface area contributed by atoms with Crippen LogP contribution < -0.4 is 16.0 Å². The van der Waals surface area contributed by atoms with Gasteiger partial charge in [-0.1, -0.05) is 67.7 Å². The number of hydrogen-bond acceptors (Lipinski definition) is 5. The molecule has 1 aromatic carbocycles. The molecule has 0 aliphatic heterocycles. The van der Waals surface area contributed by atoms with Crippen LogP contribution in [0.3, 0.4) is 0 Å². The minimum absolute atomic E-state index is 0.0423. The number of nitrogens with one attached hydrogen (secondary N) is 3. The molecule has 9 heteroatoms. The summed E-state index contributed by atoms with van der Waals surface area (Å²) in [6.07, 6.45) is 29.6. The monoisotopic (exact) mass is 567 g/mol. The molecule has 0 radical (unpaired) electrons. The third-order valence-electron chi connectivity index (χ3n) is 5.52. The molecule has 0 aromatic heterocycles. The van der Waals surface area contributed by atoms with E-state index >= 15 is 0 Å². The van der Waals surface area contributed by atoms with Gasteiger partial charge in [0.2, 0.25) is 5.91 Å². The maximum atomic E-state index is 11.9. The number of carbonyl (C=O) groups is 3. The Labute approximate surface area is 243 Å². The van der Waals surface area contributed by atoms with Crippen LogP contribution in [-0.4, -0.2) is 54.4 Å². The van der Waals surface area contributed by atoms with Gasteiger partial charge in [0.25, 0.3) is 0 Å². The Morgan fingerprint density at radius 2 is 1.39 bits per heavy atom. The summed E-state index contributed by atoms with van der Waals surface area (Å²) in [5.41, 5.74) is -0.0966. The number of allylic oxidation sites excluding steroid dienone is 10. The predicted molar refractivity (Wildman–Crippen MR) is 164 cm³/mol. The molecule has 0 spiro atoms. The van der Waals surface area contributed by atoms with Crippen LogP contribution in [0.25, 0.3) is 0 Å². The second kappa shape index (κ2) is 23.7. The second-order valence-corrected chi connectivity index (χ2v) is 9.02. The van der Waals surface area contributed by atoms with Crippen LogP contribution in [0.15, 0.2) is 79.0 Å². The third-order valence-corrected chi connectivity index (χ3v) is 5.52. The number of hydrogen-bond donors (Lipinski definition) is 5. The van der Waals surface area contributed by atoms with Crippen LogP contribution in [0.2, 0.25) is 0 Å². The Hall–Kier alpha value is -4.11. The smallest absolute Gasteiger partial charge is 0.339 e. The third kappa shape index (κ3) is 19.6. The fourth-order valence-electron chi connectivity index (χ4n) is 3.39. The topological polar surface area (TPSA) is 137 Å². The van der Waals surface area contributed by atoms with Crippen LogP contribution in [0.1, 0.15) is 68.6 Å². The van der Waals surface area contributed by atoms with Crippen molar-refractivity contribution in [1.29, 1.82) is 0 Å². The fourth-order valence-corrected chi connectivity index (χ4v) is 3.39. The first-order valence-corrected chi connectivity index (χ1v) is 14.1. The summed E-state index contributed by atoms with van der Waals surface area (Å²) in [7, 11) is 0. The van der Waals surface area contributed by atoms with Crippen LogP contribution in [0.4, 0.5) is 10.5 Å². The Kier molecular flexibility index (Phi) is 20.2. The number of aromatic hydroxyl groups is 1. The van der Waals surface area contributed by atoms with Gasteiger partial charge in [0, 0.05) is 25.4 Å². The highest BCUT2D eigenvalue weighted by atomic mass is 16.5. The SMILES string of the molecule is CCC=CCC=CCC=CCC=CCC=CCCCCOCC(=O)NCCNC(=O)Nc1ccc(O)c(C(=O)O)c1. The summed E-state index contributed by atoms with van der Waals surface area (Å²) >= 11 is 0. The molecular weight excluding hydrogens is 522 g/mol. The van der Waals surface area contributed by atoms with Gasteiger partial charge in [-0.2, -0.15) is 0 Å². The summed E-state index contributed by atoms with van der Waals surface area (Å²) < 4.78 is 5.39. The standard InChI is InChI=1S/C32H45N3O6/c1-2-3-4-5-6-7-8-9-10-11-12-13-14-15-16-17-18-19-24-41-26-30(37)33-22-23-34-32(40)35-27-20-21-29(36)28(25-27)31(38)39/h3-4,6-7,9-10,12-13,15-16,20-21,25,36H,2,5,8,11,14,17-19,22-24,26H2,1H3,(H,33,37)(H,38,39)(H2,34,35,40). The van der Waals surface area contributed by atoms with Crippen molar-refractivity contribution in [3.05, 3.63) is 84.5 Å². The Morgan fingerprint density at radius 1 is 0.805 bits per heavy atom. The number of urea groups is 1. The number of carbonyl (C=O) groups excluding carboxylic acids is 2. The quantitative estimate of drug-likeness (QED) is 0.0675. The number of unbranched alkanes of at least 4 members (excludes halogenated alkanes) is 2. The molecule has 0 aliphatic rings. The van der Waals surface area contributed by atoms with E-state index in [0.29, 0.717) is 6.61 Å². The minimum atomic E-state index is -1.30. The molecule has 0 heterocycles. The van der Waals surface area contributed by atoms with Crippen molar-refractivity contribution >= 4 is 23.6 Å². The Bertz CT molecular complexity index is 1060. The number of anilines is 1. The number of rotatable bonds is 21. The summed E-state index contributed by atoms with van der Waals surface area (Å²) in [6.45, 7) is 2.99. The van der Waals surface area contributed by atoms with Gasteiger partial charge < -0.3 is 30.9 Å². The van der Waals surface area contributed by atoms with Gasteiger partial charge in [0.1, 0.15) is 17.9 Å². The molecule has 224 valence electrons. The molecule has 0 fully saturated rings. The summed E-state index contributed by atoms with van der Waals surface area (Å²) in [5.74, 6) is -1.96. The lowest BCUT2D eigenvalue weighted by atomic mass is 10.2. The van der Waals surface area contributed by atoms with Crippen LogP contribution in [-0.2, 0) is 9.53 Å². The summed E-state index contributed by atoms with van der Waals surface area (Å²) in [5, 5.41) is 26.2. The van der Waals surface area contributed by atoms with Gasteiger partial charge in [0.15, 0.2) is 0 Å². The average Bonchev–Trinajstić information content (AvgIpc) is 2.95. The minimum Gasteiger partial charge on any atom is -0.507 e. The first kappa shape index (κ1) is 34.9. The van der Waals surface area contributed by atoms with E-state index in [1.165, 1.54) is 12.1 Å². The first-order valence-electron chi connectivity index (χ1n) is 14.1. The molecule has 0 saturated carbocycles. The van der Waals surface area contributed by atoms with Crippen LogP contribution >= 0.6 is 0 Å². The van der Waals surface area contributed by atoms with E-state index in [9.17, 15) is 19.5 Å². The molecule has 0 unspecified atom stereocenters. The number of carboxylic acids is 1. The zero-order chi connectivity index (χ0) is 30.0. The Morgan fingerprint density at radius 3 is 2.00 bits per heavy atom. The van der Waals surface area contributed by atoms with E-state index in [1.807, 2.05) is 0 Å². The van der Waals surface area contributed by atoms with E-state index in [4.69, 9.17) is 9.84 Å². The van der Waals surface area contributed by atoms with Crippen molar-refractivity contribution < 1.29 is 29.3 Å². The van der Waals surface area contributed by atoms with E-state index in [1.54, 1.807) is 0 Å². The van der Waals surface area contributed by atoms with Crippen molar-refractivity contribution in [2.24, 2.45) is 0 Å². The number of carboxylic acid groups (broad SMARTS) is 1. The highest BCUT2D eigenvalue weighted by Gasteiger charge is 2.11. The van der Waals surface area contributed by atoms with Gasteiger partial charge in [0.05, 0.1) is 0 Å². The van der Waals surface area contributed by atoms with Crippen molar-refractivity contribution in [2.45, 2.75) is 58.3 Å². The molecule has 0 aliphatic carbocycles. The highest BCUT2D eigenvalue weighted by Crippen LogP contribution is 2.21. The lowest BCUT2D eigenvalue weighted by Crippen LogP contribution is -2.38. The maximum absolute atomic E-state index is 11.9. The van der Waals surface area contributed by atoms with Crippen LogP contribution in [0.5, 0.6) is 5.75 Å². The van der Waals surface area contributed by atoms with Gasteiger partial charge in [-0.3, -0.25) is 4.79 Å². The largest absolute Gasteiger partial charge is 0.507 e. The normalized spacial score (nSPS) is 11.8. The van der Waals surface area contributed by atoms with E-state index < -0.39 is 17.7 Å². The average molecular weight is 568 g/mol. The van der Waals surface area contributed by atoms with Crippen LogP contribution in [0, 0.1) is 0 Å². The fraction of sp³-hybridized carbons (Fsp3) is 0.406. The highest BCUT2D eigenvalue weighted by molar-refractivity contribution is 5.95. The Balaban J connectivity index is 1.97. The number of amides is 3. The van der Waals surface area contributed by atoms with Crippen molar-refractivity contribution in [3.63, 3.8) is 0 Å². The van der Waals surface area contributed by atoms with E-state index in [0.717, 1.165) is 57.4 Å². The van der Waals surface area contributed by atoms with Crippen molar-refractivity contribution in [1.82, 2.24) is 10.6 Å². The maximum Gasteiger partial charge on any atom is 0.339 e. The van der Waals surface area contributed by atoms with Gasteiger partial charge in [-0.15, -0.1) is 0 Å². The molecule has 0 bridgehead atoms. The number of phenols is 1. The molecule has 0 atom stereocenters. The lowest BCUT2D eigenvalue weighted by molar-refractivity contribution is -0.125. The van der Waals surface area contributed by atoms with Gasteiger partial charge in [-0.25, -0.2) is 9.59 Å². The molecule has 0 saturated heterocycles. The molecule has 41 heavy (non-hydrogen) atoms. The molecular formula is C32H45N3O6. The lowest BCUT2D eigenvalue weighted by Gasteiger charge is -2.10. The number of benzene rings is 1. The van der Waals surface area contributed by atoms with Crippen molar-refractivity contribution in [3.8, 4) is 5.75 Å². The summed E-state index contributed by atoms with van der Waals surface area (Å²) in [4.78, 5) is 34.8. The zero-order valence-electron chi connectivity index (χ0n) is 24.0. The van der Waals surface area contributed by atoms with E-state index in [-0.39, 0.29) is 36.9 Å². The first-order chi connectivity index (χ1) is 19.9. The number of ether oxygens (including phenoxy) is 1. The van der Waals surface area contributed by atoms with E-state index in [2.05, 4.69) is 83.6 Å². The predicted octanol–water partition coefficient (Wildman–Crippen LogP) is 6.27. The molecule has 3 amide bonds. The number of aromatic carboxylic acids is 1. The molecule has 5 N–H and O–H groups in total. The molecule has 1 rings (SSSR count). The molecule has 1 aromatic rings. The second-order valence-electron chi connectivity index (χ2n) is 9.02. The van der Waals surface area contributed by atoms with Gasteiger partial charge in [-0.05, 0) is 69.6 Å². The zero-order valence-corrected chi connectivity index (χ0v) is 24.0. The summed E-state index contributed by atoms with van der Waals surface area (Å²) in [6, 6.07) is 3.15. The van der Waals surface area contributed by atoms with Crippen molar-refractivity contribution in [2.75, 3.05) is 31.6 Å². The molecule has 9 nitrogen and oxygen atoms in total.